The van der Waals surface area contributed by atoms with Crippen LogP contribution in [0.5, 0.6) is 0 Å². The van der Waals surface area contributed by atoms with Gasteiger partial charge in [0.05, 0.1) is 18.1 Å². The summed E-state index contributed by atoms with van der Waals surface area (Å²) < 4.78 is 22.7. The largest absolute Gasteiger partial charge is 0.394 e. The fraction of sp³-hybridized carbons (Fsp3) is 0.750. The number of fused-ring (bicyclic) bond motifs is 1. The summed E-state index contributed by atoms with van der Waals surface area (Å²) in [5, 5.41) is 11.2. The Labute approximate surface area is 92.3 Å². The zero-order chi connectivity index (χ0) is 11.9. The first-order valence-electron chi connectivity index (χ1n) is 4.87. The van der Waals surface area contributed by atoms with Crippen molar-refractivity contribution < 1.29 is 23.1 Å². The van der Waals surface area contributed by atoms with E-state index in [-0.39, 0.29) is 18.1 Å². The molecule has 0 radical (unpaired) electrons. The molecule has 2 N–H and O–H groups in total. The molecular formula is C8H12N2O5S. The number of carbonyl (C=O) groups excluding carboxylic acids is 2. The Morgan fingerprint density at radius 1 is 1.44 bits per heavy atom. The van der Waals surface area contributed by atoms with Crippen molar-refractivity contribution in [3.63, 3.8) is 0 Å². The average molecular weight is 248 g/mol. The number of nitrogens with one attached hydrogen (secondary N) is 1. The van der Waals surface area contributed by atoms with E-state index < -0.39 is 40.3 Å². The van der Waals surface area contributed by atoms with Gasteiger partial charge >= 0.3 is 0 Å². The quantitative estimate of drug-likeness (QED) is 0.518. The van der Waals surface area contributed by atoms with Crippen LogP contribution in [0.15, 0.2) is 0 Å². The molecule has 0 aromatic carbocycles. The molecule has 90 valence electrons. The Morgan fingerprint density at radius 3 is 2.75 bits per heavy atom. The molecule has 2 aliphatic heterocycles. The Hall–Kier alpha value is -1.15. The highest BCUT2D eigenvalue weighted by Gasteiger charge is 2.45. The van der Waals surface area contributed by atoms with Crippen LogP contribution in [0.2, 0.25) is 0 Å². The Balaban J connectivity index is 2.26. The van der Waals surface area contributed by atoms with Gasteiger partial charge in [-0.15, -0.1) is 0 Å². The first-order valence-corrected chi connectivity index (χ1v) is 6.69. The fourth-order valence-corrected chi connectivity index (χ4v) is 3.40. The van der Waals surface area contributed by atoms with E-state index in [4.69, 9.17) is 5.11 Å². The molecule has 7 nitrogen and oxygen atoms in total. The maximum absolute atomic E-state index is 11.7. The van der Waals surface area contributed by atoms with E-state index in [1.54, 1.807) is 0 Å². The van der Waals surface area contributed by atoms with Crippen molar-refractivity contribution >= 4 is 21.7 Å². The van der Waals surface area contributed by atoms with Gasteiger partial charge in [-0.25, -0.2) is 8.42 Å². The maximum Gasteiger partial charge on any atom is 0.248 e. The number of nitrogens with zero attached hydrogens (tertiary/aromatic N) is 1. The van der Waals surface area contributed by atoms with E-state index in [1.807, 2.05) is 0 Å². The third-order valence-corrected chi connectivity index (χ3v) is 4.44. The van der Waals surface area contributed by atoms with Gasteiger partial charge in [0.25, 0.3) is 0 Å². The molecule has 0 aromatic heterocycles. The van der Waals surface area contributed by atoms with Crippen LogP contribution < -0.4 is 5.32 Å². The van der Waals surface area contributed by atoms with E-state index in [1.165, 1.54) is 4.90 Å². The van der Waals surface area contributed by atoms with Gasteiger partial charge in [-0.05, 0) is 0 Å². The first kappa shape index (κ1) is 11.3. The molecule has 16 heavy (non-hydrogen) atoms. The van der Waals surface area contributed by atoms with Crippen LogP contribution in [0, 0.1) is 0 Å². The van der Waals surface area contributed by atoms with Gasteiger partial charge in [-0.2, -0.15) is 0 Å². The molecule has 2 atom stereocenters. The Bertz CT molecular complexity index is 432. The summed E-state index contributed by atoms with van der Waals surface area (Å²) >= 11 is 0. The molecule has 2 amide bonds. The van der Waals surface area contributed by atoms with E-state index in [9.17, 15) is 18.0 Å². The standard InChI is InChI=1S/C8H12N2O5S/c11-3-5-8(13)10-1-2-16(14,15)4-6(10)7(12)9-5/h5-6,11H,1-4H2,(H,9,12)/t5-,6?/m1/s1. The number of hydrogen-bond donors (Lipinski definition) is 2. The Morgan fingerprint density at radius 2 is 2.12 bits per heavy atom. The summed E-state index contributed by atoms with van der Waals surface area (Å²) in [6.07, 6.45) is 0. The normalized spacial score (nSPS) is 33.2. The van der Waals surface area contributed by atoms with E-state index in [0.717, 1.165) is 0 Å². The van der Waals surface area contributed by atoms with Crippen LogP contribution in [-0.2, 0) is 19.4 Å². The summed E-state index contributed by atoms with van der Waals surface area (Å²) in [4.78, 5) is 24.5. The highest BCUT2D eigenvalue weighted by atomic mass is 32.2. The van der Waals surface area contributed by atoms with Crippen molar-refractivity contribution in [2.45, 2.75) is 12.1 Å². The van der Waals surface area contributed by atoms with Crippen LogP contribution in [0.1, 0.15) is 0 Å². The number of aliphatic hydroxyl groups excluding tert-OH is 1. The topological polar surface area (TPSA) is 104 Å². The smallest absolute Gasteiger partial charge is 0.248 e. The van der Waals surface area contributed by atoms with Gasteiger partial charge in [0.15, 0.2) is 9.84 Å². The summed E-state index contributed by atoms with van der Waals surface area (Å²) in [6, 6.07) is -1.88. The molecule has 2 rings (SSSR count). The molecule has 2 fully saturated rings. The van der Waals surface area contributed by atoms with Crippen molar-refractivity contribution in [1.82, 2.24) is 10.2 Å². The predicted octanol–water partition coefficient (Wildman–Crippen LogP) is -2.90. The number of rotatable bonds is 1. The van der Waals surface area contributed by atoms with Crippen LogP contribution >= 0.6 is 0 Å². The molecule has 0 saturated carbocycles. The van der Waals surface area contributed by atoms with E-state index in [0.29, 0.717) is 0 Å². The number of amides is 2. The van der Waals surface area contributed by atoms with Gasteiger partial charge in [0.2, 0.25) is 11.8 Å². The molecule has 0 bridgehead atoms. The van der Waals surface area contributed by atoms with E-state index >= 15 is 0 Å². The van der Waals surface area contributed by atoms with Crippen molar-refractivity contribution in [2.75, 3.05) is 24.7 Å². The lowest BCUT2D eigenvalue weighted by Crippen LogP contribution is -2.68. The minimum atomic E-state index is -3.25. The molecule has 0 spiro atoms. The number of carbonyl (C=O) groups is 2. The zero-order valence-electron chi connectivity index (χ0n) is 8.42. The number of hydrogen-bond acceptors (Lipinski definition) is 5. The van der Waals surface area contributed by atoms with Gasteiger partial charge in [-0.1, -0.05) is 0 Å². The number of sulfone groups is 1. The molecular weight excluding hydrogens is 236 g/mol. The SMILES string of the molecule is O=C1N[C@H](CO)C(=O)N2CCS(=O)(=O)CC12. The Kier molecular flexibility index (Phi) is 2.62. The fourth-order valence-electron chi connectivity index (χ4n) is 1.94. The lowest BCUT2D eigenvalue weighted by molar-refractivity contribution is -0.149. The molecule has 2 heterocycles. The molecule has 0 aromatic rings. The van der Waals surface area contributed by atoms with E-state index in [2.05, 4.69) is 5.32 Å². The van der Waals surface area contributed by atoms with Crippen LogP contribution in [-0.4, -0.2) is 67.0 Å². The van der Waals surface area contributed by atoms with Gasteiger partial charge < -0.3 is 15.3 Å². The number of aliphatic hydroxyl groups is 1. The second-order valence-electron chi connectivity index (χ2n) is 3.91. The zero-order valence-corrected chi connectivity index (χ0v) is 9.24. The monoisotopic (exact) mass is 248 g/mol. The lowest BCUT2D eigenvalue weighted by Gasteiger charge is -2.40. The minimum Gasteiger partial charge on any atom is -0.394 e. The summed E-state index contributed by atoms with van der Waals surface area (Å²) in [6.45, 7) is -0.448. The van der Waals surface area contributed by atoms with Crippen molar-refractivity contribution in [1.29, 1.82) is 0 Å². The predicted molar refractivity (Wildman–Crippen MR) is 53.2 cm³/mol. The third kappa shape index (κ3) is 1.78. The van der Waals surface area contributed by atoms with Crippen LogP contribution in [0.3, 0.4) is 0 Å². The van der Waals surface area contributed by atoms with Gasteiger partial charge in [-0.3, -0.25) is 9.59 Å². The highest BCUT2D eigenvalue weighted by molar-refractivity contribution is 7.91. The second-order valence-corrected chi connectivity index (χ2v) is 6.13. The number of piperazine rings is 1. The van der Waals surface area contributed by atoms with Crippen molar-refractivity contribution in [3.8, 4) is 0 Å². The van der Waals surface area contributed by atoms with Crippen LogP contribution in [0.4, 0.5) is 0 Å². The first-order chi connectivity index (χ1) is 7.44. The van der Waals surface area contributed by atoms with Gasteiger partial charge in [0, 0.05) is 6.54 Å². The molecule has 8 heteroatoms. The molecule has 2 saturated heterocycles. The molecule has 1 unspecified atom stereocenters. The average Bonchev–Trinajstić information content (AvgIpc) is 2.22. The second kappa shape index (κ2) is 3.70. The van der Waals surface area contributed by atoms with Crippen molar-refractivity contribution in [2.24, 2.45) is 0 Å². The lowest BCUT2D eigenvalue weighted by atomic mass is 10.1. The molecule has 0 aliphatic carbocycles. The van der Waals surface area contributed by atoms with Gasteiger partial charge in [0.1, 0.15) is 12.1 Å². The summed E-state index contributed by atoms with van der Waals surface area (Å²) in [5.41, 5.74) is 0. The summed E-state index contributed by atoms with van der Waals surface area (Å²) in [7, 11) is -3.25. The molecule has 2 aliphatic rings. The maximum atomic E-state index is 11.7. The minimum absolute atomic E-state index is 0.0236. The van der Waals surface area contributed by atoms with Crippen molar-refractivity contribution in [3.05, 3.63) is 0 Å². The highest BCUT2D eigenvalue weighted by Crippen LogP contribution is 2.17. The van der Waals surface area contributed by atoms with Crippen LogP contribution in [0.25, 0.3) is 0 Å². The third-order valence-electron chi connectivity index (χ3n) is 2.81. The summed E-state index contributed by atoms with van der Waals surface area (Å²) in [5.74, 6) is -1.38.